The van der Waals surface area contributed by atoms with Gasteiger partial charge in [-0.15, -0.1) is 0 Å². The number of aromatic nitrogens is 3. The van der Waals surface area contributed by atoms with Crippen molar-refractivity contribution in [1.82, 2.24) is 15.4 Å². The average Bonchev–Trinajstić information content (AvgIpc) is 2.90. The summed E-state index contributed by atoms with van der Waals surface area (Å²) in [7, 11) is 0. The molecule has 0 saturated heterocycles. The van der Waals surface area contributed by atoms with Gasteiger partial charge in [0.2, 0.25) is 0 Å². The summed E-state index contributed by atoms with van der Waals surface area (Å²) in [5.74, 6) is 0.0240. The number of anilines is 1. The third kappa shape index (κ3) is 2.37. The molecule has 0 unspecified atom stereocenters. The van der Waals surface area contributed by atoms with Gasteiger partial charge in [0.15, 0.2) is 0 Å². The van der Waals surface area contributed by atoms with Crippen molar-refractivity contribution in [3.05, 3.63) is 45.9 Å². The van der Waals surface area contributed by atoms with E-state index in [0.717, 1.165) is 16.7 Å². The Balaban J connectivity index is 1.88. The van der Waals surface area contributed by atoms with Crippen molar-refractivity contribution in [3.8, 4) is 5.75 Å². The molecular weight excluding hydrogens is 299 g/mol. The molecule has 20 heavy (non-hydrogen) atoms. The lowest BCUT2D eigenvalue weighted by Gasteiger charge is -2.10. The zero-order valence-corrected chi connectivity index (χ0v) is 11.7. The van der Waals surface area contributed by atoms with Crippen molar-refractivity contribution in [2.45, 2.75) is 6.54 Å². The van der Waals surface area contributed by atoms with Gasteiger partial charge in [-0.1, -0.05) is 29.3 Å². The number of benzene rings is 2. The van der Waals surface area contributed by atoms with Crippen molar-refractivity contribution in [2.75, 3.05) is 5.32 Å². The number of phenolic OH excluding ortho intramolecular Hbond substituents is 1. The lowest BCUT2D eigenvalue weighted by Crippen LogP contribution is -2.00. The zero-order chi connectivity index (χ0) is 14.1. The van der Waals surface area contributed by atoms with E-state index in [2.05, 4.69) is 20.7 Å². The van der Waals surface area contributed by atoms with Crippen LogP contribution in [0.1, 0.15) is 5.56 Å². The van der Waals surface area contributed by atoms with Gasteiger partial charge in [-0.25, -0.2) is 0 Å². The van der Waals surface area contributed by atoms with Gasteiger partial charge in [0, 0.05) is 17.1 Å². The molecule has 0 spiro atoms. The fourth-order valence-electron chi connectivity index (χ4n) is 1.96. The monoisotopic (exact) mass is 308 g/mol. The molecule has 0 saturated carbocycles. The molecule has 0 amide bonds. The van der Waals surface area contributed by atoms with Gasteiger partial charge < -0.3 is 10.4 Å². The van der Waals surface area contributed by atoms with E-state index in [1.54, 1.807) is 6.07 Å². The van der Waals surface area contributed by atoms with Gasteiger partial charge in [-0.3, -0.25) is 0 Å². The third-order valence-corrected chi connectivity index (χ3v) is 3.43. The minimum absolute atomic E-state index is 0.0240. The van der Waals surface area contributed by atoms with E-state index in [-0.39, 0.29) is 10.8 Å². The molecule has 0 atom stereocenters. The van der Waals surface area contributed by atoms with E-state index >= 15 is 0 Å². The largest absolute Gasteiger partial charge is 0.506 e. The Morgan fingerprint density at radius 3 is 2.90 bits per heavy atom. The van der Waals surface area contributed by atoms with Crippen molar-refractivity contribution < 1.29 is 5.11 Å². The average molecular weight is 309 g/mol. The van der Waals surface area contributed by atoms with Crippen LogP contribution in [0.4, 0.5) is 5.69 Å². The van der Waals surface area contributed by atoms with Crippen LogP contribution in [-0.2, 0) is 6.54 Å². The summed E-state index contributed by atoms with van der Waals surface area (Å²) >= 11 is 11.8. The van der Waals surface area contributed by atoms with Gasteiger partial charge in [-0.2, -0.15) is 15.4 Å². The summed E-state index contributed by atoms with van der Waals surface area (Å²) in [4.78, 5) is 0. The zero-order valence-electron chi connectivity index (χ0n) is 10.2. The quantitative estimate of drug-likeness (QED) is 0.691. The van der Waals surface area contributed by atoms with E-state index in [1.807, 2.05) is 18.2 Å². The number of hydrogen-bond acceptors (Lipinski definition) is 4. The number of nitrogens with one attached hydrogen (secondary N) is 2. The van der Waals surface area contributed by atoms with Crippen LogP contribution in [0.3, 0.4) is 0 Å². The Labute approximate surface area is 124 Å². The van der Waals surface area contributed by atoms with Crippen molar-refractivity contribution in [3.63, 3.8) is 0 Å². The van der Waals surface area contributed by atoms with Gasteiger partial charge in [0.25, 0.3) is 0 Å². The Kier molecular flexibility index (Phi) is 3.38. The lowest BCUT2D eigenvalue weighted by atomic mass is 10.2. The fourth-order valence-corrected chi connectivity index (χ4v) is 2.49. The maximum absolute atomic E-state index is 9.91. The van der Waals surface area contributed by atoms with Gasteiger partial charge >= 0.3 is 0 Å². The van der Waals surface area contributed by atoms with E-state index < -0.39 is 0 Å². The van der Waals surface area contributed by atoms with Gasteiger partial charge in [0.1, 0.15) is 16.8 Å². The number of H-pyrrole nitrogens is 1. The highest BCUT2D eigenvalue weighted by atomic mass is 35.5. The standard InChI is InChI=1S/C13H10Cl2N4O/c14-8-4-7(13(20)9(15)5-8)6-16-10-2-1-3-11-12(10)18-19-17-11/h1-5,16,20H,6H2,(H,17,18,19). The number of fused-ring (bicyclic) bond motifs is 1. The van der Waals surface area contributed by atoms with Crippen LogP contribution in [0.15, 0.2) is 30.3 Å². The first-order chi connectivity index (χ1) is 9.65. The van der Waals surface area contributed by atoms with E-state index in [0.29, 0.717) is 17.1 Å². The SMILES string of the molecule is Oc1c(Cl)cc(Cl)cc1CNc1cccc2n[nH]nc12. The molecule has 2 aromatic carbocycles. The van der Waals surface area contributed by atoms with Crippen LogP contribution < -0.4 is 5.32 Å². The van der Waals surface area contributed by atoms with E-state index in [1.165, 1.54) is 6.07 Å². The number of nitrogens with zero attached hydrogens (tertiary/aromatic N) is 2. The highest BCUT2D eigenvalue weighted by Gasteiger charge is 2.09. The van der Waals surface area contributed by atoms with Crippen LogP contribution in [0.5, 0.6) is 5.75 Å². The summed E-state index contributed by atoms with van der Waals surface area (Å²) in [6.07, 6.45) is 0. The van der Waals surface area contributed by atoms with Crippen LogP contribution >= 0.6 is 23.2 Å². The Morgan fingerprint density at radius 2 is 2.05 bits per heavy atom. The normalized spacial score (nSPS) is 10.9. The van der Waals surface area contributed by atoms with Crippen LogP contribution in [0.25, 0.3) is 11.0 Å². The molecule has 0 radical (unpaired) electrons. The van der Waals surface area contributed by atoms with E-state index in [4.69, 9.17) is 23.2 Å². The molecule has 0 aliphatic rings. The Morgan fingerprint density at radius 1 is 1.20 bits per heavy atom. The maximum atomic E-state index is 9.91. The van der Waals surface area contributed by atoms with Crippen LogP contribution in [0.2, 0.25) is 10.0 Å². The third-order valence-electron chi connectivity index (χ3n) is 2.92. The molecule has 1 aromatic heterocycles. The topological polar surface area (TPSA) is 73.8 Å². The molecule has 5 nitrogen and oxygen atoms in total. The first kappa shape index (κ1) is 13.0. The predicted molar refractivity (Wildman–Crippen MR) is 79.3 cm³/mol. The molecule has 7 heteroatoms. The molecule has 3 aromatic rings. The summed E-state index contributed by atoms with van der Waals surface area (Å²) in [6, 6.07) is 8.78. The second kappa shape index (κ2) is 5.19. The first-order valence-corrected chi connectivity index (χ1v) is 6.61. The van der Waals surface area contributed by atoms with Gasteiger partial charge in [0.05, 0.1) is 10.7 Å². The van der Waals surface area contributed by atoms with Crippen molar-refractivity contribution >= 4 is 39.9 Å². The summed E-state index contributed by atoms with van der Waals surface area (Å²) in [5, 5.41) is 24.5. The second-order valence-corrected chi connectivity index (χ2v) is 5.09. The molecule has 0 fully saturated rings. The fraction of sp³-hybridized carbons (Fsp3) is 0.0769. The highest BCUT2D eigenvalue weighted by molar-refractivity contribution is 6.35. The number of aromatic amines is 1. The minimum atomic E-state index is 0.0240. The van der Waals surface area contributed by atoms with Crippen LogP contribution in [-0.4, -0.2) is 20.5 Å². The highest BCUT2D eigenvalue weighted by Crippen LogP contribution is 2.32. The lowest BCUT2D eigenvalue weighted by molar-refractivity contribution is 0.469. The second-order valence-electron chi connectivity index (χ2n) is 4.25. The van der Waals surface area contributed by atoms with Crippen molar-refractivity contribution in [2.24, 2.45) is 0 Å². The number of halogens is 2. The maximum Gasteiger partial charge on any atom is 0.139 e. The minimum Gasteiger partial charge on any atom is -0.506 e. The molecule has 3 rings (SSSR count). The van der Waals surface area contributed by atoms with Crippen molar-refractivity contribution in [1.29, 1.82) is 0 Å². The van der Waals surface area contributed by atoms with Gasteiger partial charge in [-0.05, 0) is 24.3 Å². The first-order valence-electron chi connectivity index (χ1n) is 5.85. The van der Waals surface area contributed by atoms with Crippen LogP contribution in [0, 0.1) is 0 Å². The number of aromatic hydroxyl groups is 1. The Hall–Kier alpha value is -1.98. The molecule has 1 heterocycles. The molecule has 0 aliphatic heterocycles. The number of hydrogen-bond donors (Lipinski definition) is 3. The number of para-hydroxylation sites is 1. The summed E-state index contributed by atoms with van der Waals surface area (Å²) in [5.41, 5.74) is 2.93. The molecule has 3 N–H and O–H groups in total. The number of rotatable bonds is 3. The summed E-state index contributed by atoms with van der Waals surface area (Å²) in [6.45, 7) is 0.373. The van der Waals surface area contributed by atoms with E-state index in [9.17, 15) is 5.11 Å². The number of phenols is 1. The summed E-state index contributed by atoms with van der Waals surface area (Å²) < 4.78 is 0. The molecule has 102 valence electrons. The molecule has 0 bridgehead atoms. The Bertz CT molecular complexity index is 772. The molecular formula is C13H10Cl2N4O. The smallest absolute Gasteiger partial charge is 0.139 e. The molecule has 0 aliphatic carbocycles. The predicted octanol–water partition coefficient (Wildman–Crippen LogP) is 3.58.